The van der Waals surface area contributed by atoms with Crippen LogP contribution in [-0.2, 0) is 48.2 Å². The first-order valence-corrected chi connectivity index (χ1v) is 21.8. The highest BCUT2D eigenvalue weighted by Gasteiger charge is 2.39. The van der Waals surface area contributed by atoms with E-state index in [1.54, 1.807) is 37.0 Å². The maximum Gasteiger partial charge on any atom is 0.407 e. The summed E-state index contributed by atoms with van der Waals surface area (Å²) in [4.78, 5) is 68.4. The molecule has 0 radical (unpaired) electrons. The fourth-order valence-corrected chi connectivity index (χ4v) is 7.78. The van der Waals surface area contributed by atoms with Crippen LogP contribution in [0.5, 0.6) is 0 Å². The molecule has 4 aromatic rings. The van der Waals surface area contributed by atoms with Crippen LogP contribution in [0.2, 0.25) is 0 Å². The van der Waals surface area contributed by atoms with Gasteiger partial charge in [0, 0.05) is 25.9 Å². The molecule has 4 amide bonds. The summed E-state index contributed by atoms with van der Waals surface area (Å²) in [6.07, 6.45) is 2.85. The van der Waals surface area contributed by atoms with E-state index in [9.17, 15) is 24.0 Å². The summed E-state index contributed by atoms with van der Waals surface area (Å²) in [7, 11) is 1.96. The number of rotatable bonds is 17. The summed E-state index contributed by atoms with van der Waals surface area (Å²) in [5, 5.41) is 10.9. The van der Waals surface area contributed by atoms with Crippen LogP contribution < -0.4 is 21.7 Å². The van der Waals surface area contributed by atoms with E-state index in [0.29, 0.717) is 32.4 Å². The monoisotopic (exact) mass is 856 g/mol. The molecule has 1 aromatic heterocycles. The maximum absolute atomic E-state index is 13.3. The summed E-state index contributed by atoms with van der Waals surface area (Å²) in [6, 6.07) is 19.1. The number of fused-ring (bicyclic) bond motifs is 1. The lowest BCUT2D eigenvalue weighted by atomic mass is 9.85. The van der Waals surface area contributed by atoms with Crippen molar-refractivity contribution >= 4 is 52.2 Å². The van der Waals surface area contributed by atoms with E-state index in [1.807, 2.05) is 76.7 Å². The van der Waals surface area contributed by atoms with Gasteiger partial charge in [-0.2, -0.15) is 0 Å². The van der Waals surface area contributed by atoms with Crippen LogP contribution in [0, 0.1) is 12.3 Å². The second kappa shape index (κ2) is 22.6. The van der Waals surface area contributed by atoms with Gasteiger partial charge in [0.25, 0.3) is 0 Å². The molecule has 1 saturated heterocycles. The van der Waals surface area contributed by atoms with Crippen LogP contribution >= 0.6 is 11.3 Å². The fourth-order valence-electron chi connectivity index (χ4n) is 6.97. The van der Waals surface area contributed by atoms with Crippen molar-refractivity contribution in [3.63, 3.8) is 0 Å². The zero-order valence-electron chi connectivity index (χ0n) is 37.0. The zero-order valence-corrected chi connectivity index (χ0v) is 37.8. The van der Waals surface area contributed by atoms with Crippen molar-refractivity contribution in [2.24, 2.45) is 11.1 Å². The Labute approximate surface area is 364 Å². The minimum Gasteiger partial charge on any atom is -0.444 e. The number of hydrogen-bond donors (Lipinski definition) is 4. The van der Waals surface area contributed by atoms with Crippen LogP contribution in [-0.4, -0.2) is 83.9 Å². The van der Waals surface area contributed by atoms with E-state index in [-0.39, 0.29) is 31.3 Å². The van der Waals surface area contributed by atoms with Crippen molar-refractivity contribution in [2.75, 3.05) is 20.2 Å². The van der Waals surface area contributed by atoms with Gasteiger partial charge in [0.05, 0.1) is 41.4 Å². The summed E-state index contributed by atoms with van der Waals surface area (Å²) in [6.45, 7) is 15.0. The molecular weight excluding hydrogens is 793 g/mol. The number of benzene rings is 3. The number of nitrogens with zero attached hydrogens (tertiary/aromatic N) is 2. The summed E-state index contributed by atoms with van der Waals surface area (Å²) in [5.41, 5.74) is 11.7. The largest absolute Gasteiger partial charge is 0.444 e. The molecule has 0 saturated carbocycles. The number of ether oxygens (including phenoxy) is 2. The molecule has 14 heteroatoms. The fraction of sp³-hybridized carbons (Fsp3) is 0.489. The standard InChI is InChI=1S/C35H50N4O7.C12H14N2S/c1-34(2,3)31(32(43)39-17-7-8-28(39)20-40)38-30(42)16-11-23-9-12-26-19-24(10-13-25(26)18-23)21-45-22-27(14-15-29(36)41)37-33(44)46-35(4,5)6;1-9-12(15-8-14-9)11-5-3-10(4-6-11)7-13-2/h9-10,12-13,18-20,27-28,31H,7-8,11,14-17,21-22H2,1-6H3,(H2,36,41)(H,37,44)(H,38,42);3-6,8,13H,7H2,1-2H3. The topological polar surface area (TPSA) is 182 Å². The lowest BCUT2D eigenvalue weighted by Crippen LogP contribution is -2.55. The summed E-state index contributed by atoms with van der Waals surface area (Å²) in [5.74, 6) is -0.875. The minimum absolute atomic E-state index is 0.111. The average molecular weight is 857 g/mol. The molecule has 0 aliphatic carbocycles. The molecule has 1 fully saturated rings. The van der Waals surface area contributed by atoms with E-state index in [1.165, 1.54) is 16.0 Å². The van der Waals surface area contributed by atoms with Gasteiger partial charge in [0.1, 0.15) is 17.9 Å². The number of nitrogens with one attached hydrogen (secondary N) is 3. The van der Waals surface area contributed by atoms with E-state index < -0.39 is 41.1 Å². The van der Waals surface area contributed by atoms with Crippen molar-refractivity contribution in [1.82, 2.24) is 25.8 Å². The van der Waals surface area contributed by atoms with Crippen molar-refractivity contribution in [3.05, 3.63) is 88.6 Å². The number of carbonyl (C=O) groups is 5. The van der Waals surface area contributed by atoms with Crippen LogP contribution in [0.25, 0.3) is 21.2 Å². The third kappa shape index (κ3) is 15.7. The summed E-state index contributed by atoms with van der Waals surface area (Å²) < 4.78 is 11.2. The van der Waals surface area contributed by atoms with E-state index in [2.05, 4.69) is 45.2 Å². The number of hydrogen-bond acceptors (Lipinski definition) is 10. The molecule has 0 bridgehead atoms. The van der Waals surface area contributed by atoms with Crippen molar-refractivity contribution < 1.29 is 33.4 Å². The molecule has 5 rings (SSSR count). The van der Waals surface area contributed by atoms with Crippen molar-refractivity contribution in [3.8, 4) is 10.4 Å². The maximum atomic E-state index is 13.3. The molecule has 5 N–H and O–H groups in total. The molecule has 13 nitrogen and oxygen atoms in total. The first-order valence-electron chi connectivity index (χ1n) is 20.9. The number of alkyl carbamates (subject to hydrolysis) is 1. The van der Waals surface area contributed by atoms with Crippen LogP contribution in [0.3, 0.4) is 0 Å². The van der Waals surface area contributed by atoms with Crippen molar-refractivity contribution in [1.29, 1.82) is 0 Å². The third-order valence-corrected chi connectivity index (χ3v) is 11.1. The SMILES string of the molecule is CC(C)(C)OC(=O)NC(CCC(N)=O)COCc1ccc2cc(CCC(=O)NC(C(=O)N3CCCC3C=O)C(C)(C)C)ccc2c1.CNCc1ccc(-c2scnc2C)cc1. The second-order valence-corrected chi connectivity index (χ2v) is 18.5. The third-order valence-electron chi connectivity index (χ3n) is 10.2. The lowest BCUT2D eigenvalue weighted by Gasteiger charge is -2.34. The lowest BCUT2D eigenvalue weighted by molar-refractivity contribution is -0.141. The number of likely N-dealkylation sites (tertiary alicyclic amines) is 1. The van der Waals surface area contributed by atoms with Gasteiger partial charge in [-0.25, -0.2) is 9.78 Å². The Bertz CT molecular complexity index is 2090. The van der Waals surface area contributed by atoms with E-state index >= 15 is 0 Å². The molecule has 1 aliphatic rings. The average Bonchev–Trinajstić information content (AvgIpc) is 3.86. The number of primary amides is 1. The number of aldehydes is 1. The molecule has 3 atom stereocenters. The first-order chi connectivity index (χ1) is 28.9. The zero-order chi connectivity index (χ0) is 44.7. The Morgan fingerprint density at radius 1 is 0.934 bits per heavy atom. The Morgan fingerprint density at radius 2 is 1.59 bits per heavy atom. The highest BCUT2D eigenvalue weighted by molar-refractivity contribution is 7.13. The Hall–Kier alpha value is -5.18. The van der Waals surface area contributed by atoms with Crippen LogP contribution in [0.15, 0.2) is 66.2 Å². The number of carbonyl (C=O) groups excluding carboxylic acids is 5. The predicted octanol–water partition coefficient (Wildman–Crippen LogP) is 7.01. The normalized spacial score (nSPS) is 15.0. The molecule has 1 aliphatic heterocycles. The van der Waals surface area contributed by atoms with Gasteiger partial charge < -0.3 is 40.9 Å². The summed E-state index contributed by atoms with van der Waals surface area (Å²) >= 11 is 1.70. The molecule has 0 spiro atoms. The molecule has 3 unspecified atom stereocenters. The Morgan fingerprint density at radius 3 is 2.18 bits per heavy atom. The highest BCUT2D eigenvalue weighted by atomic mass is 32.1. The van der Waals surface area contributed by atoms with Gasteiger partial charge in [-0.1, -0.05) is 75.4 Å². The number of amides is 4. The molecular formula is C47H64N6O7S. The van der Waals surface area contributed by atoms with Gasteiger partial charge >= 0.3 is 6.09 Å². The number of aryl methyl sites for hydroxylation is 2. The van der Waals surface area contributed by atoms with Crippen molar-refractivity contribution in [2.45, 2.75) is 124 Å². The van der Waals surface area contributed by atoms with E-state index in [4.69, 9.17) is 15.2 Å². The predicted molar refractivity (Wildman–Crippen MR) is 241 cm³/mol. The Kier molecular flexibility index (Phi) is 18.0. The molecule has 2 heterocycles. The van der Waals surface area contributed by atoms with Gasteiger partial charge in [-0.3, -0.25) is 14.4 Å². The van der Waals surface area contributed by atoms with Gasteiger partial charge in [-0.05, 0) is 105 Å². The minimum atomic E-state index is -0.718. The van der Waals surface area contributed by atoms with E-state index in [0.717, 1.165) is 46.8 Å². The van der Waals surface area contributed by atoms with Gasteiger partial charge in [0.15, 0.2) is 0 Å². The number of thiazole rings is 1. The highest BCUT2D eigenvalue weighted by Crippen LogP contribution is 2.28. The quantitative estimate of drug-likeness (QED) is 0.0813. The smallest absolute Gasteiger partial charge is 0.407 e. The van der Waals surface area contributed by atoms with Gasteiger partial charge in [-0.15, -0.1) is 11.3 Å². The number of nitrogens with two attached hydrogens (primary N) is 1. The molecule has 330 valence electrons. The molecule has 3 aromatic carbocycles. The first kappa shape index (κ1) is 48.5. The Balaban J connectivity index is 0.000000454. The number of aromatic nitrogens is 1. The molecule has 61 heavy (non-hydrogen) atoms. The van der Waals surface area contributed by atoms with Crippen LogP contribution in [0.4, 0.5) is 4.79 Å². The second-order valence-electron chi connectivity index (χ2n) is 17.6. The van der Waals surface area contributed by atoms with Crippen LogP contribution in [0.1, 0.15) is 96.0 Å². The van der Waals surface area contributed by atoms with Gasteiger partial charge in [0.2, 0.25) is 17.7 Å².